The molecule has 5 heteroatoms. The molecule has 5 nitrogen and oxygen atoms in total. The number of hydrogen-bond acceptors (Lipinski definition) is 4. The van der Waals surface area contributed by atoms with Gasteiger partial charge in [-0.1, -0.05) is 48.5 Å². The molecule has 3 aromatic rings. The molecule has 0 saturated heterocycles. The van der Waals surface area contributed by atoms with Gasteiger partial charge in [0.2, 0.25) is 11.8 Å². The van der Waals surface area contributed by atoms with Crippen LogP contribution in [0.4, 0.5) is 0 Å². The summed E-state index contributed by atoms with van der Waals surface area (Å²) >= 11 is 0. The maximum Gasteiger partial charge on any atom is 0.226 e. The van der Waals surface area contributed by atoms with E-state index in [1.807, 2.05) is 43.3 Å². The molecule has 1 aromatic heterocycles. The Morgan fingerprint density at radius 3 is 2.46 bits per heavy atom. The van der Waals surface area contributed by atoms with E-state index < -0.39 is 0 Å². The Balaban J connectivity index is 1.40. The zero-order valence-corrected chi connectivity index (χ0v) is 16.5. The Hall–Kier alpha value is -2.92. The molecule has 0 bridgehead atoms. The van der Waals surface area contributed by atoms with Gasteiger partial charge in [0.1, 0.15) is 5.76 Å². The molecule has 28 heavy (non-hydrogen) atoms. The summed E-state index contributed by atoms with van der Waals surface area (Å²) < 4.78 is 5.72. The van der Waals surface area contributed by atoms with Crippen molar-refractivity contribution in [2.45, 2.75) is 26.3 Å². The van der Waals surface area contributed by atoms with Crippen LogP contribution in [0.25, 0.3) is 11.5 Å². The Morgan fingerprint density at radius 2 is 1.75 bits per heavy atom. The minimum absolute atomic E-state index is 0.0262. The second-order valence-electron chi connectivity index (χ2n) is 6.99. The standard InChI is InChI=1S/C23H27N3O2/c1-18-21(25-23(28-18)20-12-7-4-8-13-20)16-22(27)24-14-9-15-26(2)17-19-10-5-3-6-11-19/h3-8,10-13H,9,14-17H2,1-2H3,(H,24,27). The van der Waals surface area contributed by atoms with Crippen molar-refractivity contribution in [1.82, 2.24) is 15.2 Å². The monoisotopic (exact) mass is 377 g/mol. The zero-order valence-electron chi connectivity index (χ0n) is 16.5. The van der Waals surface area contributed by atoms with Crippen molar-refractivity contribution < 1.29 is 9.21 Å². The molecule has 146 valence electrons. The van der Waals surface area contributed by atoms with Crippen molar-refractivity contribution in [1.29, 1.82) is 0 Å². The fourth-order valence-corrected chi connectivity index (χ4v) is 3.06. The summed E-state index contributed by atoms with van der Waals surface area (Å²) in [5.41, 5.74) is 2.90. The quantitative estimate of drug-likeness (QED) is 0.576. The summed E-state index contributed by atoms with van der Waals surface area (Å²) in [7, 11) is 2.10. The summed E-state index contributed by atoms with van der Waals surface area (Å²) in [6, 6.07) is 20.1. The second-order valence-corrected chi connectivity index (χ2v) is 6.99. The van der Waals surface area contributed by atoms with Crippen molar-refractivity contribution in [3.63, 3.8) is 0 Å². The van der Waals surface area contributed by atoms with Gasteiger partial charge in [0.25, 0.3) is 0 Å². The van der Waals surface area contributed by atoms with Gasteiger partial charge >= 0.3 is 0 Å². The Bertz CT molecular complexity index is 875. The van der Waals surface area contributed by atoms with Gasteiger partial charge < -0.3 is 14.6 Å². The number of nitrogens with zero attached hydrogens (tertiary/aromatic N) is 2. The highest BCUT2D eigenvalue weighted by atomic mass is 16.4. The molecule has 1 heterocycles. The number of carbonyl (C=O) groups excluding carboxylic acids is 1. The predicted octanol–water partition coefficient (Wildman–Crippen LogP) is 3.83. The molecule has 1 N–H and O–H groups in total. The first kappa shape index (κ1) is 19.8. The Kier molecular flexibility index (Phi) is 6.98. The lowest BCUT2D eigenvalue weighted by molar-refractivity contribution is -0.120. The summed E-state index contributed by atoms with van der Waals surface area (Å²) in [5, 5.41) is 2.98. The number of benzene rings is 2. The molecule has 0 spiro atoms. The molecule has 0 atom stereocenters. The Morgan fingerprint density at radius 1 is 1.07 bits per heavy atom. The molecule has 3 rings (SSSR count). The molecule has 0 aliphatic carbocycles. The maximum atomic E-state index is 12.2. The highest BCUT2D eigenvalue weighted by Crippen LogP contribution is 2.21. The highest BCUT2D eigenvalue weighted by Gasteiger charge is 2.14. The summed E-state index contributed by atoms with van der Waals surface area (Å²) in [6.07, 6.45) is 1.14. The smallest absolute Gasteiger partial charge is 0.226 e. The van der Waals surface area contributed by atoms with Crippen LogP contribution in [-0.2, 0) is 17.8 Å². The van der Waals surface area contributed by atoms with E-state index in [-0.39, 0.29) is 12.3 Å². The number of oxazole rings is 1. The van der Waals surface area contributed by atoms with Crippen LogP contribution in [0.2, 0.25) is 0 Å². The van der Waals surface area contributed by atoms with E-state index in [0.717, 1.165) is 25.1 Å². The van der Waals surface area contributed by atoms with E-state index in [4.69, 9.17) is 4.42 Å². The first-order valence-corrected chi connectivity index (χ1v) is 9.62. The summed E-state index contributed by atoms with van der Waals surface area (Å²) in [6.45, 7) is 4.34. The number of rotatable bonds is 9. The molecule has 0 saturated carbocycles. The van der Waals surface area contributed by atoms with Crippen molar-refractivity contribution in [2.75, 3.05) is 20.1 Å². The summed E-state index contributed by atoms with van der Waals surface area (Å²) in [5.74, 6) is 1.22. The molecule has 0 radical (unpaired) electrons. The van der Waals surface area contributed by atoms with Gasteiger partial charge in [-0.25, -0.2) is 4.98 Å². The fourth-order valence-electron chi connectivity index (χ4n) is 3.06. The molecular formula is C23H27N3O2. The van der Waals surface area contributed by atoms with E-state index in [2.05, 4.69) is 46.5 Å². The molecule has 0 aliphatic heterocycles. The van der Waals surface area contributed by atoms with E-state index in [1.54, 1.807) is 0 Å². The molecule has 0 unspecified atom stereocenters. The van der Waals surface area contributed by atoms with E-state index in [0.29, 0.717) is 23.9 Å². The first-order chi connectivity index (χ1) is 13.6. The average Bonchev–Trinajstić information content (AvgIpc) is 3.07. The van der Waals surface area contributed by atoms with E-state index in [1.165, 1.54) is 5.56 Å². The largest absolute Gasteiger partial charge is 0.441 e. The van der Waals surface area contributed by atoms with E-state index >= 15 is 0 Å². The van der Waals surface area contributed by atoms with Crippen molar-refractivity contribution in [3.8, 4) is 11.5 Å². The van der Waals surface area contributed by atoms with Crippen LogP contribution in [0.1, 0.15) is 23.4 Å². The minimum Gasteiger partial charge on any atom is -0.441 e. The number of carbonyl (C=O) groups is 1. The lowest BCUT2D eigenvalue weighted by Gasteiger charge is -2.16. The van der Waals surface area contributed by atoms with Crippen LogP contribution in [0.5, 0.6) is 0 Å². The molecule has 0 fully saturated rings. The van der Waals surface area contributed by atoms with Gasteiger partial charge in [0.15, 0.2) is 0 Å². The zero-order chi connectivity index (χ0) is 19.8. The number of nitrogens with one attached hydrogen (secondary N) is 1. The van der Waals surface area contributed by atoms with Gasteiger partial charge in [-0.2, -0.15) is 0 Å². The normalized spacial score (nSPS) is 11.0. The van der Waals surface area contributed by atoms with Gasteiger partial charge in [0, 0.05) is 18.7 Å². The molecule has 1 amide bonds. The predicted molar refractivity (Wildman–Crippen MR) is 111 cm³/mol. The molecule has 2 aromatic carbocycles. The maximum absolute atomic E-state index is 12.2. The summed E-state index contributed by atoms with van der Waals surface area (Å²) in [4.78, 5) is 19.0. The first-order valence-electron chi connectivity index (χ1n) is 9.62. The van der Waals surface area contributed by atoms with Crippen molar-refractivity contribution in [2.24, 2.45) is 0 Å². The third-order valence-electron chi connectivity index (χ3n) is 4.58. The average molecular weight is 377 g/mol. The van der Waals surface area contributed by atoms with Gasteiger partial charge in [-0.3, -0.25) is 4.79 Å². The number of aromatic nitrogens is 1. The van der Waals surface area contributed by atoms with Crippen LogP contribution in [0, 0.1) is 6.92 Å². The fraction of sp³-hybridized carbons (Fsp3) is 0.304. The minimum atomic E-state index is -0.0262. The number of hydrogen-bond donors (Lipinski definition) is 1. The van der Waals surface area contributed by atoms with Crippen molar-refractivity contribution in [3.05, 3.63) is 77.7 Å². The third kappa shape index (κ3) is 5.79. The Labute approximate surface area is 166 Å². The number of amides is 1. The van der Waals surface area contributed by atoms with E-state index in [9.17, 15) is 4.79 Å². The topological polar surface area (TPSA) is 58.4 Å². The van der Waals surface area contributed by atoms with Crippen molar-refractivity contribution >= 4 is 5.91 Å². The third-order valence-corrected chi connectivity index (χ3v) is 4.58. The van der Waals surface area contributed by atoms with Crippen LogP contribution in [0.3, 0.4) is 0 Å². The van der Waals surface area contributed by atoms with Gasteiger partial charge in [0.05, 0.1) is 12.1 Å². The highest BCUT2D eigenvalue weighted by molar-refractivity contribution is 5.78. The van der Waals surface area contributed by atoms with Crippen LogP contribution < -0.4 is 5.32 Å². The van der Waals surface area contributed by atoms with Gasteiger partial charge in [-0.05, 0) is 44.6 Å². The van der Waals surface area contributed by atoms with Crippen LogP contribution >= 0.6 is 0 Å². The van der Waals surface area contributed by atoms with Crippen LogP contribution in [0.15, 0.2) is 65.1 Å². The van der Waals surface area contributed by atoms with Gasteiger partial charge in [-0.15, -0.1) is 0 Å². The number of aryl methyl sites for hydroxylation is 1. The lowest BCUT2D eigenvalue weighted by Crippen LogP contribution is -2.29. The SMILES string of the molecule is Cc1oc(-c2ccccc2)nc1CC(=O)NCCCN(C)Cc1ccccc1. The lowest BCUT2D eigenvalue weighted by atomic mass is 10.2. The molecular weight excluding hydrogens is 350 g/mol. The molecule has 0 aliphatic rings. The van der Waals surface area contributed by atoms with Crippen LogP contribution in [-0.4, -0.2) is 35.9 Å². The second kappa shape index (κ2) is 9.85.